The lowest BCUT2D eigenvalue weighted by atomic mass is 10.2. The van der Waals surface area contributed by atoms with Crippen molar-refractivity contribution in [2.45, 2.75) is 4.90 Å². The summed E-state index contributed by atoms with van der Waals surface area (Å²) in [7, 11) is -3.90. The van der Waals surface area contributed by atoms with E-state index in [9.17, 15) is 13.2 Å². The van der Waals surface area contributed by atoms with Crippen LogP contribution < -0.4 is 5.73 Å². The zero-order valence-corrected chi connectivity index (χ0v) is 9.09. The molecule has 0 atom stereocenters. The maximum Gasteiger partial charge on any atom is 0.298 e. The smallest absolute Gasteiger partial charge is 0.298 e. The van der Waals surface area contributed by atoms with Gasteiger partial charge in [-0.1, -0.05) is 11.6 Å². The van der Waals surface area contributed by atoms with Crippen LogP contribution in [0.2, 0.25) is 5.02 Å². The third-order valence-electron chi connectivity index (χ3n) is 1.61. The molecular formula is C8H8ClNO4S. The average Bonchev–Trinajstić information content (AvgIpc) is 2.18. The van der Waals surface area contributed by atoms with Gasteiger partial charge in [0.05, 0.1) is 9.92 Å². The second-order valence-electron chi connectivity index (χ2n) is 2.54. The summed E-state index contributed by atoms with van der Waals surface area (Å²) in [4.78, 5) is 10.4. The van der Waals surface area contributed by atoms with Gasteiger partial charge in [0.25, 0.3) is 10.1 Å². The number of benzene rings is 1. The summed E-state index contributed by atoms with van der Waals surface area (Å²) < 4.78 is 27.0. The fraction of sp³-hybridized carbons (Fsp3) is 0.125. The molecule has 1 aromatic carbocycles. The van der Waals surface area contributed by atoms with Crippen molar-refractivity contribution in [3.05, 3.63) is 28.8 Å². The van der Waals surface area contributed by atoms with Crippen molar-refractivity contribution in [1.29, 1.82) is 0 Å². The van der Waals surface area contributed by atoms with Gasteiger partial charge in [-0.25, -0.2) is 0 Å². The Balaban J connectivity index is 3.22. The van der Waals surface area contributed by atoms with Crippen molar-refractivity contribution in [1.82, 2.24) is 0 Å². The Morgan fingerprint density at radius 3 is 2.67 bits per heavy atom. The van der Waals surface area contributed by atoms with Crippen LogP contribution in [-0.2, 0) is 14.3 Å². The van der Waals surface area contributed by atoms with Gasteiger partial charge in [0, 0.05) is 5.56 Å². The van der Waals surface area contributed by atoms with E-state index in [0.717, 1.165) is 6.07 Å². The van der Waals surface area contributed by atoms with E-state index < -0.39 is 16.8 Å². The Morgan fingerprint density at radius 1 is 1.47 bits per heavy atom. The third-order valence-corrected chi connectivity index (χ3v) is 3.23. The van der Waals surface area contributed by atoms with Crippen LogP contribution in [0.5, 0.6) is 0 Å². The Bertz CT molecular complexity index is 472. The maximum absolute atomic E-state index is 11.4. The first-order valence-electron chi connectivity index (χ1n) is 3.85. The number of nitrogens with two attached hydrogens (primary N) is 1. The molecule has 82 valence electrons. The summed E-state index contributed by atoms with van der Waals surface area (Å²) in [6.45, 7) is -0.457. The summed E-state index contributed by atoms with van der Waals surface area (Å²) in [5, 5.41) is 0.177. The van der Waals surface area contributed by atoms with Crippen LogP contribution >= 0.6 is 11.6 Å². The second kappa shape index (κ2) is 4.71. The minimum absolute atomic E-state index is 0.0818. The highest BCUT2D eigenvalue weighted by molar-refractivity contribution is 7.86. The molecule has 0 fully saturated rings. The Kier molecular flexibility index (Phi) is 3.81. The van der Waals surface area contributed by atoms with Crippen LogP contribution in [-0.4, -0.2) is 21.4 Å². The molecule has 0 unspecified atom stereocenters. The van der Waals surface area contributed by atoms with E-state index in [1.807, 2.05) is 0 Å². The minimum Gasteiger partial charge on any atom is -0.307 e. The first-order valence-corrected chi connectivity index (χ1v) is 5.64. The predicted octanol–water partition coefficient (Wildman–Crippen LogP) is 0.774. The SMILES string of the molecule is NCOS(=O)(=O)c1ccc(Cl)c(C=O)c1. The van der Waals surface area contributed by atoms with Gasteiger partial charge in [0.15, 0.2) is 6.29 Å². The molecule has 0 amide bonds. The van der Waals surface area contributed by atoms with E-state index in [0.29, 0.717) is 6.29 Å². The molecule has 0 aliphatic rings. The number of hydrogen-bond donors (Lipinski definition) is 1. The first-order chi connectivity index (χ1) is 7.01. The Hall–Kier alpha value is -0.950. The van der Waals surface area contributed by atoms with Gasteiger partial charge in [-0.15, -0.1) is 0 Å². The quantitative estimate of drug-likeness (QED) is 0.484. The maximum atomic E-state index is 11.4. The topological polar surface area (TPSA) is 86.5 Å². The van der Waals surface area contributed by atoms with Crippen LogP contribution in [0.1, 0.15) is 10.4 Å². The van der Waals surface area contributed by atoms with Crippen molar-refractivity contribution >= 4 is 28.0 Å². The molecule has 5 nitrogen and oxygen atoms in total. The number of carbonyl (C=O) groups excluding carboxylic acids is 1. The van der Waals surface area contributed by atoms with Crippen molar-refractivity contribution in [3.63, 3.8) is 0 Å². The summed E-state index contributed by atoms with van der Waals surface area (Å²) in [5.74, 6) is 0. The standard InChI is InChI=1S/C8H8ClNO4S/c9-8-2-1-7(3-6(8)4-11)15(12,13)14-5-10/h1-4H,5,10H2. The molecular weight excluding hydrogens is 242 g/mol. The van der Waals surface area contributed by atoms with Crippen LogP contribution in [0.3, 0.4) is 0 Å². The largest absolute Gasteiger partial charge is 0.307 e. The number of carbonyl (C=O) groups is 1. The van der Waals surface area contributed by atoms with Gasteiger partial charge in [-0.05, 0) is 18.2 Å². The van der Waals surface area contributed by atoms with Gasteiger partial charge >= 0.3 is 0 Å². The third kappa shape index (κ3) is 2.75. The highest BCUT2D eigenvalue weighted by Gasteiger charge is 2.15. The monoisotopic (exact) mass is 249 g/mol. The van der Waals surface area contributed by atoms with Crippen molar-refractivity contribution in [2.24, 2.45) is 5.73 Å². The first kappa shape index (κ1) is 12.1. The lowest BCUT2D eigenvalue weighted by Gasteiger charge is -2.04. The van der Waals surface area contributed by atoms with Gasteiger partial charge in [0.1, 0.15) is 6.73 Å². The molecule has 1 rings (SSSR count). The van der Waals surface area contributed by atoms with E-state index in [2.05, 4.69) is 4.18 Å². The lowest BCUT2D eigenvalue weighted by molar-refractivity contribution is 0.112. The molecule has 0 bridgehead atoms. The van der Waals surface area contributed by atoms with E-state index in [4.69, 9.17) is 17.3 Å². The Morgan fingerprint density at radius 2 is 2.13 bits per heavy atom. The van der Waals surface area contributed by atoms with Gasteiger partial charge in [0.2, 0.25) is 0 Å². The zero-order chi connectivity index (χ0) is 11.5. The molecule has 2 N–H and O–H groups in total. The molecule has 0 spiro atoms. The fourth-order valence-corrected chi connectivity index (χ4v) is 1.91. The number of rotatable bonds is 4. The van der Waals surface area contributed by atoms with E-state index in [-0.39, 0.29) is 15.5 Å². The molecule has 0 radical (unpaired) electrons. The molecule has 15 heavy (non-hydrogen) atoms. The summed E-state index contributed by atoms with van der Waals surface area (Å²) in [5.41, 5.74) is 5.04. The number of aldehydes is 1. The zero-order valence-electron chi connectivity index (χ0n) is 7.51. The Labute approximate surface area is 91.9 Å². The second-order valence-corrected chi connectivity index (χ2v) is 4.56. The van der Waals surface area contributed by atoms with Gasteiger partial charge in [-0.3, -0.25) is 8.98 Å². The van der Waals surface area contributed by atoms with Gasteiger partial charge < -0.3 is 5.73 Å². The summed E-state index contributed by atoms with van der Waals surface area (Å²) in [6, 6.07) is 3.67. The minimum atomic E-state index is -3.90. The van der Waals surface area contributed by atoms with Crippen molar-refractivity contribution in [2.75, 3.05) is 6.73 Å². The molecule has 1 aromatic rings. The highest BCUT2D eigenvalue weighted by atomic mass is 35.5. The molecule has 0 aliphatic carbocycles. The van der Waals surface area contributed by atoms with Crippen molar-refractivity contribution < 1.29 is 17.4 Å². The fourth-order valence-electron chi connectivity index (χ4n) is 0.925. The summed E-state index contributed by atoms with van der Waals surface area (Å²) in [6.07, 6.45) is 0.462. The highest BCUT2D eigenvalue weighted by Crippen LogP contribution is 2.20. The van der Waals surface area contributed by atoms with Crippen molar-refractivity contribution in [3.8, 4) is 0 Å². The summed E-state index contributed by atoms with van der Waals surface area (Å²) >= 11 is 5.63. The molecule has 0 heterocycles. The molecule has 0 saturated carbocycles. The van der Waals surface area contributed by atoms with E-state index >= 15 is 0 Å². The van der Waals surface area contributed by atoms with Crippen LogP contribution in [0.25, 0.3) is 0 Å². The van der Waals surface area contributed by atoms with Gasteiger partial charge in [-0.2, -0.15) is 8.42 Å². The van der Waals surface area contributed by atoms with E-state index in [1.54, 1.807) is 0 Å². The molecule has 7 heteroatoms. The molecule has 0 saturated heterocycles. The molecule has 0 aromatic heterocycles. The van der Waals surface area contributed by atoms with Crippen LogP contribution in [0.4, 0.5) is 0 Å². The van der Waals surface area contributed by atoms with Crippen LogP contribution in [0.15, 0.2) is 23.1 Å². The van der Waals surface area contributed by atoms with Crippen LogP contribution in [0, 0.1) is 0 Å². The normalized spacial score (nSPS) is 11.3. The molecule has 0 aliphatic heterocycles. The number of hydrogen-bond acceptors (Lipinski definition) is 5. The predicted molar refractivity (Wildman–Crippen MR) is 54.2 cm³/mol. The lowest BCUT2D eigenvalue weighted by Crippen LogP contribution is -2.13. The average molecular weight is 250 g/mol. The number of halogens is 1. The van der Waals surface area contributed by atoms with E-state index in [1.165, 1.54) is 12.1 Å².